The zero-order valence-corrected chi connectivity index (χ0v) is 17.2. The summed E-state index contributed by atoms with van der Waals surface area (Å²) in [5.41, 5.74) is 9.50. The van der Waals surface area contributed by atoms with Crippen molar-refractivity contribution in [3.8, 4) is 33.4 Å². The number of anilines is 2. The van der Waals surface area contributed by atoms with E-state index in [9.17, 15) is 0 Å². The summed E-state index contributed by atoms with van der Waals surface area (Å²) in [6.07, 6.45) is 0. The monoisotopic (exact) mass is 397 g/mol. The second-order valence-electron chi connectivity index (χ2n) is 7.59. The average Bonchev–Trinajstić information content (AvgIpc) is 2.86. The summed E-state index contributed by atoms with van der Waals surface area (Å²) in [4.78, 5) is 0. The molecule has 148 valence electrons. The number of rotatable bonds is 5. The molecule has 0 amide bonds. The van der Waals surface area contributed by atoms with Crippen molar-refractivity contribution >= 4 is 11.4 Å². The van der Waals surface area contributed by atoms with Crippen molar-refractivity contribution in [1.29, 1.82) is 0 Å². The minimum Gasteiger partial charge on any atom is -0.356 e. The van der Waals surface area contributed by atoms with Crippen molar-refractivity contribution in [2.75, 3.05) is 5.32 Å². The predicted octanol–water partition coefficient (Wildman–Crippen LogP) is 8.43. The molecule has 1 nitrogen and oxygen atoms in total. The normalized spacial score (nSPS) is 10.6. The van der Waals surface area contributed by atoms with Gasteiger partial charge >= 0.3 is 0 Å². The highest BCUT2D eigenvalue weighted by Crippen LogP contribution is 2.28. The van der Waals surface area contributed by atoms with E-state index in [-0.39, 0.29) is 0 Å². The van der Waals surface area contributed by atoms with Crippen LogP contribution in [0, 0.1) is 0 Å². The first-order chi connectivity index (χ1) is 15.3. The molecule has 0 atom stereocenters. The van der Waals surface area contributed by atoms with Crippen LogP contribution in [-0.4, -0.2) is 0 Å². The van der Waals surface area contributed by atoms with E-state index in [4.69, 9.17) is 0 Å². The molecule has 0 heterocycles. The van der Waals surface area contributed by atoms with Crippen LogP contribution < -0.4 is 5.32 Å². The molecular weight excluding hydrogens is 374 g/mol. The maximum atomic E-state index is 3.52. The molecule has 0 bridgehead atoms. The Hall–Kier alpha value is -4.10. The van der Waals surface area contributed by atoms with Gasteiger partial charge in [-0.1, -0.05) is 109 Å². The highest BCUT2D eigenvalue weighted by molar-refractivity contribution is 5.74. The van der Waals surface area contributed by atoms with Gasteiger partial charge in [0.2, 0.25) is 0 Å². The van der Waals surface area contributed by atoms with Gasteiger partial charge < -0.3 is 5.32 Å². The van der Waals surface area contributed by atoms with Gasteiger partial charge in [0.15, 0.2) is 0 Å². The first-order valence-electron chi connectivity index (χ1n) is 10.5. The third-order valence-electron chi connectivity index (χ3n) is 5.47. The lowest BCUT2D eigenvalue weighted by molar-refractivity contribution is 1.53. The van der Waals surface area contributed by atoms with E-state index in [0.717, 1.165) is 11.4 Å². The topological polar surface area (TPSA) is 12.0 Å². The minimum atomic E-state index is 1.08. The first kappa shape index (κ1) is 18.9. The number of nitrogens with one attached hydrogen (secondary N) is 1. The van der Waals surface area contributed by atoms with Gasteiger partial charge in [0.1, 0.15) is 0 Å². The fourth-order valence-electron chi connectivity index (χ4n) is 3.81. The fourth-order valence-corrected chi connectivity index (χ4v) is 3.81. The van der Waals surface area contributed by atoms with Crippen LogP contribution in [0.4, 0.5) is 11.4 Å². The Bertz CT molecular complexity index is 1260. The van der Waals surface area contributed by atoms with Crippen LogP contribution in [0.5, 0.6) is 0 Å². The largest absolute Gasteiger partial charge is 0.356 e. The maximum Gasteiger partial charge on any atom is 0.0390 e. The predicted molar refractivity (Wildman–Crippen MR) is 132 cm³/mol. The molecule has 0 unspecified atom stereocenters. The standard InChI is InChI=1S/C30H23N/c1-3-8-23(9-4-1)25-14-16-26(17-15-25)27-18-20-29(21-19-27)31-30-13-7-12-28(22-30)24-10-5-2-6-11-24/h1-22,31H. The molecule has 0 aromatic heterocycles. The molecule has 31 heavy (non-hydrogen) atoms. The Labute approximate surface area is 183 Å². The molecule has 0 fully saturated rings. The third-order valence-corrected chi connectivity index (χ3v) is 5.47. The average molecular weight is 398 g/mol. The first-order valence-corrected chi connectivity index (χ1v) is 10.5. The molecule has 0 aliphatic heterocycles. The van der Waals surface area contributed by atoms with Gasteiger partial charge in [-0.2, -0.15) is 0 Å². The summed E-state index contributed by atoms with van der Waals surface area (Å²) in [6, 6.07) is 46.8. The maximum absolute atomic E-state index is 3.52. The van der Waals surface area contributed by atoms with Crippen molar-refractivity contribution in [3.63, 3.8) is 0 Å². The van der Waals surface area contributed by atoms with Gasteiger partial charge in [-0.15, -0.1) is 0 Å². The van der Waals surface area contributed by atoms with Crippen molar-refractivity contribution in [2.24, 2.45) is 0 Å². The Balaban J connectivity index is 1.32. The van der Waals surface area contributed by atoms with Crippen LogP contribution in [0.1, 0.15) is 0 Å². The summed E-state index contributed by atoms with van der Waals surface area (Å²) in [5.74, 6) is 0. The molecule has 0 radical (unpaired) electrons. The molecule has 5 aromatic carbocycles. The third kappa shape index (κ3) is 4.41. The molecule has 0 aliphatic carbocycles. The number of hydrogen-bond acceptors (Lipinski definition) is 1. The molecule has 1 N–H and O–H groups in total. The summed E-state index contributed by atoms with van der Waals surface area (Å²) in [7, 11) is 0. The molecular formula is C30H23N. The summed E-state index contributed by atoms with van der Waals surface area (Å²) >= 11 is 0. The van der Waals surface area contributed by atoms with E-state index >= 15 is 0 Å². The highest BCUT2D eigenvalue weighted by Gasteiger charge is 2.02. The van der Waals surface area contributed by atoms with Crippen LogP contribution >= 0.6 is 0 Å². The minimum absolute atomic E-state index is 1.08. The zero-order chi connectivity index (χ0) is 20.9. The van der Waals surface area contributed by atoms with Gasteiger partial charge in [-0.3, -0.25) is 0 Å². The van der Waals surface area contributed by atoms with Crippen LogP contribution in [0.2, 0.25) is 0 Å². The van der Waals surface area contributed by atoms with Crippen LogP contribution in [0.3, 0.4) is 0 Å². The highest BCUT2D eigenvalue weighted by atomic mass is 14.9. The van der Waals surface area contributed by atoms with Gasteiger partial charge in [0.05, 0.1) is 0 Å². The van der Waals surface area contributed by atoms with E-state index in [1.54, 1.807) is 0 Å². The quantitative estimate of drug-likeness (QED) is 0.314. The van der Waals surface area contributed by atoms with Crippen molar-refractivity contribution < 1.29 is 0 Å². The lowest BCUT2D eigenvalue weighted by Crippen LogP contribution is -1.90. The zero-order valence-electron chi connectivity index (χ0n) is 17.2. The Morgan fingerprint density at radius 3 is 1.26 bits per heavy atom. The molecule has 0 spiro atoms. The Morgan fingerprint density at radius 2 is 0.710 bits per heavy atom. The molecule has 5 rings (SSSR count). The van der Waals surface area contributed by atoms with Crippen LogP contribution in [0.15, 0.2) is 133 Å². The van der Waals surface area contributed by atoms with Crippen molar-refractivity contribution in [2.45, 2.75) is 0 Å². The van der Waals surface area contributed by atoms with Gasteiger partial charge in [-0.05, 0) is 57.6 Å². The summed E-state index contributed by atoms with van der Waals surface area (Å²) in [5, 5.41) is 3.52. The smallest absolute Gasteiger partial charge is 0.0390 e. The summed E-state index contributed by atoms with van der Waals surface area (Å²) < 4.78 is 0. The van der Waals surface area contributed by atoms with Crippen molar-refractivity contribution in [3.05, 3.63) is 133 Å². The second-order valence-corrected chi connectivity index (χ2v) is 7.59. The molecule has 0 saturated heterocycles. The van der Waals surface area contributed by atoms with E-state index in [1.807, 2.05) is 12.1 Å². The van der Waals surface area contributed by atoms with Crippen LogP contribution in [0.25, 0.3) is 33.4 Å². The number of hydrogen-bond donors (Lipinski definition) is 1. The lowest BCUT2D eigenvalue weighted by atomic mass is 10.0. The van der Waals surface area contributed by atoms with Crippen molar-refractivity contribution in [1.82, 2.24) is 0 Å². The SMILES string of the molecule is c1ccc(-c2ccc(-c3ccc(Nc4cccc(-c5ccccc5)c4)cc3)cc2)cc1. The Morgan fingerprint density at radius 1 is 0.290 bits per heavy atom. The molecule has 0 saturated carbocycles. The van der Waals surface area contributed by atoms with E-state index in [2.05, 4.69) is 127 Å². The van der Waals surface area contributed by atoms with E-state index in [1.165, 1.54) is 33.4 Å². The van der Waals surface area contributed by atoms with E-state index in [0.29, 0.717) is 0 Å². The van der Waals surface area contributed by atoms with Crippen LogP contribution in [-0.2, 0) is 0 Å². The van der Waals surface area contributed by atoms with Gasteiger partial charge in [0.25, 0.3) is 0 Å². The Kier molecular flexibility index (Phi) is 5.32. The number of benzene rings is 5. The van der Waals surface area contributed by atoms with Gasteiger partial charge in [0, 0.05) is 11.4 Å². The molecule has 0 aliphatic rings. The lowest BCUT2D eigenvalue weighted by Gasteiger charge is -2.10. The second kappa shape index (κ2) is 8.73. The van der Waals surface area contributed by atoms with Gasteiger partial charge in [-0.25, -0.2) is 0 Å². The fraction of sp³-hybridized carbons (Fsp3) is 0. The summed E-state index contributed by atoms with van der Waals surface area (Å²) in [6.45, 7) is 0. The molecule has 5 aromatic rings. The van der Waals surface area contributed by atoms with E-state index < -0.39 is 0 Å². The molecule has 1 heteroatoms.